The van der Waals surface area contributed by atoms with Crippen molar-refractivity contribution in [1.82, 2.24) is 0 Å². The van der Waals surface area contributed by atoms with Gasteiger partial charge in [0.1, 0.15) is 5.60 Å². The van der Waals surface area contributed by atoms with Crippen LogP contribution in [0, 0.1) is 11.3 Å². The standard InChI is InChI=1S/C18H32O4/c1-6-8-13-21-16(20)18(7-2)11-9-14(10-12-18)15(19)22-17(3,4)5/h14H,6-13H2,1-5H3/t14-,18-. The largest absolute Gasteiger partial charge is 0.465 e. The molecule has 1 fully saturated rings. The molecule has 0 radical (unpaired) electrons. The SMILES string of the molecule is CCCCOC(=O)[C@]1(CC)CC[C@@H](C(=O)OC(C)(C)C)CC1. The average Bonchev–Trinajstić information content (AvgIpc) is 2.45. The van der Waals surface area contributed by atoms with Crippen LogP contribution in [0.25, 0.3) is 0 Å². The van der Waals surface area contributed by atoms with Crippen LogP contribution >= 0.6 is 0 Å². The van der Waals surface area contributed by atoms with Crippen molar-refractivity contribution in [3.63, 3.8) is 0 Å². The van der Waals surface area contributed by atoms with Crippen LogP contribution < -0.4 is 0 Å². The maximum absolute atomic E-state index is 12.4. The molecule has 4 nitrogen and oxygen atoms in total. The molecule has 0 aromatic heterocycles. The van der Waals surface area contributed by atoms with Crippen LogP contribution in [0.2, 0.25) is 0 Å². The van der Waals surface area contributed by atoms with Crippen LogP contribution in [0.1, 0.15) is 79.6 Å². The molecular weight excluding hydrogens is 280 g/mol. The van der Waals surface area contributed by atoms with Gasteiger partial charge in [-0.15, -0.1) is 0 Å². The first-order valence-electron chi connectivity index (χ1n) is 8.64. The van der Waals surface area contributed by atoms with E-state index in [1.165, 1.54) is 0 Å². The van der Waals surface area contributed by atoms with Crippen molar-refractivity contribution >= 4 is 11.9 Å². The second-order valence-corrected chi connectivity index (χ2v) is 7.43. The quantitative estimate of drug-likeness (QED) is 0.543. The molecule has 0 aromatic carbocycles. The van der Waals surface area contributed by atoms with Crippen molar-refractivity contribution < 1.29 is 19.1 Å². The van der Waals surface area contributed by atoms with Gasteiger partial charge in [0.2, 0.25) is 0 Å². The summed E-state index contributed by atoms with van der Waals surface area (Å²) in [5.74, 6) is -0.287. The molecule has 0 aliphatic heterocycles. The highest BCUT2D eigenvalue weighted by Crippen LogP contribution is 2.43. The molecule has 1 saturated carbocycles. The van der Waals surface area contributed by atoms with Crippen LogP contribution in [0.4, 0.5) is 0 Å². The van der Waals surface area contributed by atoms with E-state index in [4.69, 9.17) is 9.47 Å². The topological polar surface area (TPSA) is 52.6 Å². The molecule has 0 atom stereocenters. The van der Waals surface area contributed by atoms with Gasteiger partial charge in [-0.3, -0.25) is 9.59 Å². The third-order valence-corrected chi connectivity index (χ3v) is 4.52. The van der Waals surface area contributed by atoms with Crippen molar-refractivity contribution in [1.29, 1.82) is 0 Å². The molecular formula is C18H32O4. The Morgan fingerprint density at radius 1 is 1.14 bits per heavy atom. The van der Waals surface area contributed by atoms with Gasteiger partial charge in [0.15, 0.2) is 0 Å². The average molecular weight is 312 g/mol. The summed E-state index contributed by atoms with van der Waals surface area (Å²) in [6, 6.07) is 0. The monoisotopic (exact) mass is 312 g/mol. The van der Waals surface area contributed by atoms with Gasteiger partial charge in [-0.1, -0.05) is 20.3 Å². The molecule has 0 unspecified atom stereocenters. The van der Waals surface area contributed by atoms with E-state index in [0.29, 0.717) is 19.4 Å². The Morgan fingerprint density at radius 2 is 1.73 bits per heavy atom. The van der Waals surface area contributed by atoms with Crippen LogP contribution in [-0.4, -0.2) is 24.1 Å². The van der Waals surface area contributed by atoms with E-state index in [9.17, 15) is 9.59 Å². The summed E-state index contributed by atoms with van der Waals surface area (Å²) in [6.07, 6.45) is 5.58. The molecule has 0 heterocycles. The van der Waals surface area contributed by atoms with E-state index >= 15 is 0 Å². The van der Waals surface area contributed by atoms with E-state index in [2.05, 4.69) is 6.92 Å². The number of rotatable bonds is 6. The van der Waals surface area contributed by atoms with E-state index in [-0.39, 0.29) is 17.9 Å². The number of hydrogen-bond acceptors (Lipinski definition) is 4. The molecule has 1 aliphatic carbocycles. The van der Waals surface area contributed by atoms with Gasteiger partial charge < -0.3 is 9.47 Å². The molecule has 1 rings (SSSR count). The fourth-order valence-corrected chi connectivity index (χ4v) is 2.96. The number of esters is 2. The first-order chi connectivity index (χ1) is 10.2. The van der Waals surface area contributed by atoms with E-state index in [1.54, 1.807) is 0 Å². The summed E-state index contributed by atoms with van der Waals surface area (Å²) < 4.78 is 10.9. The summed E-state index contributed by atoms with van der Waals surface area (Å²) in [5, 5.41) is 0. The molecule has 0 saturated heterocycles. The van der Waals surface area contributed by atoms with Gasteiger partial charge in [0, 0.05) is 0 Å². The minimum atomic E-state index is -0.449. The normalized spacial score (nSPS) is 25.6. The summed E-state index contributed by atoms with van der Waals surface area (Å²) in [5.41, 5.74) is -0.846. The van der Waals surface area contributed by atoms with Gasteiger partial charge in [0.05, 0.1) is 17.9 Å². The van der Waals surface area contributed by atoms with E-state index in [1.807, 2.05) is 27.7 Å². The highest BCUT2D eigenvalue weighted by Gasteiger charge is 2.43. The van der Waals surface area contributed by atoms with Gasteiger partial charge in [-0.2, -0.15) is 0 Å². The number of carbonyl (C=O) groups is 2. The first-order valence-corrected chi connectivity index (χ1v) is 8.64. The van der Waals surface area contributed by atoms with Crippen molar-refractivity contribution in [3.8, 4) is 0 Å². The molecule has 22 heavy (non-hydrogen) atoms. The lowest BCUT2D eigenvalue weighted by molar-refractivity contribution is -0.167. The third kappa shape index (κ3) is 5.29. The predicted octanol–water partition coefficient (Wildman–Crippen LogP) is 4.26. The van der Waals surface area contributed by atoms with E-state index in [0.717, 1.165) is 32.1 Å². The maximum atomic E-state index is 12.4. The zero-order valence-electron chi connectivity index (χ0n) is 14.9. The number of unbranched alkanes of at least 4 members (excludes halogenated alkanes) is 1. The summed E-state index contributed by atoms with van der Waals surface area (Å²) in [7, 11) is 0. The Hall–Kier alpha value is -1.06. The second kappa shape index (κ2) is 7.98. The lowest BCUT2D eigenvalue weighted by atomic mass is 9.69. The molecule has 4 heteroatoms. The highest BCUT2D eigenvalue weighted by molar-refractivity contribution is 5.78. The number of ether oxygens (including phenoxy) is 2. The Labute approximate surface area is 134 Å². The molecule has 1 aliphatic rings. The molecule has 0 bridgehead atoms. The zero-order valence-corrected chi connectivity index (χ0v) is 14.9. The van der Waals surface area contributed by atoms with Crippen LogP contribution in [-0.2, 0) is 19.1 Å². The summed E-state index contributed by atoms with van der Waals surface area (Å²) in [4.78, 5) is 24.5. The Kier molecular flexibility index (Phi) is 6.89. The molecule has 0 amide bonds. The minimum Gasteiger partial charge on any atom is -0.465 e. The van der Waals surface area contributed by atoms with Gasteiger partial charge in [0.25, 0.3) is 0 Å². The lowest BCUT2D eigenvalue weighted by Crippen LogP contribution is -2.39. The lowest BCUT2D eigenvalue weighted by Gasteiger charge is -2.37. The summed E-state index contributed by atoms with van der Waals surface area (Å²) in [6.45, 7) is 10.3. The number of hydrogen-bond donors (Lipinski definition) is 0. The summed E-state index contributed by atoms with van der Waals surface area (Å²) >= 11 is 0. The van der Waals surface area contributed by atoms with Crippen LogP contribution in [0.15, 0.2) is 0 Å². The predicted molar refractivity (Wildman–Crippen MR) is 86.4 cm³/mol. The van der Waals surface area contributed by atoms with Crippen molar-refractivity contribution in [3.05, 3.63) is 0 Å². The Morgan fingerprint density at radius 3 is 2.18 bits per heavy atom. The van der Waals surface area contributed by atoms with Crippen molar-refractivity contribution in [2.75, 3.05) is 6.61 Å². The smallest absolute Gasteiger partial charge is 0.312 e. The molecule has 0 N–H and O–H groups in total. The second-order valence-electron chi connectivity index (χ2n) is 7.43. The number of carbonyl (C=O) groups excluding carboxylic acids is 2. The first kappa shape index (κ1) is 19.0. The van der Waals surface area contributed by atoms with Crippen LogP contribution in [0.5, 0.6) is 0 Å². The fourth-order valence-electron chi connectivity index (χ4n) is 2.96. The van der Waals surface area contributed by atoms with Gasteiger partial charge in [-0.05, 0) is 59.3 Å². The molecule has 128 valence electrons. The van der Waals surface area contributed by atoms with Gasteiger partial charge in [-0.25, -0.2) is 0 Å². The Balaban J connectivity index is 2.56. The van der Waals surface area contributed by atoms with Crippen molar-refractivity contribution in [2.45, 2.75) is 85.2 Å². The van der Waals surface area contributed by atoms with Gasteiger partial charge >= 0.3 is 11.9 Å². The fraction of sp³-hybridized carbons (Fsp3) is 0.889. The van der Waals surface area contributed by atoms with Crippen molar-refractivity contribution in [2.24, 2.45) is 11.3 Å². The Bertz CT molecular complexity index is 373. The zero-order chi connectivity index (χ0) is 16.8. The maximum Gasteiger partial charge on any atom is 0.312 e. The molecule has 0 spiro atoms. The van der Waals surface area contributed by atoms with Crippen LogP contribution in [0.3, 0.4) is 0 Å². The molecule has 0 aromatic rings. The third-order valence-electron chi connectivity index (χ3n) is 4.52. The van der Waals surface area contributed by atoms with E-state index < -0.39 is 11.0 Å². The minimum absolute atomic E-state index is 0.0777. The highest BCUT2D eigenvalue weighted by atomic mass is 16.6.